The highest BCUT2D eigenvalue weighted by Crippen LogP contribution is 2.18. The van der Waals surface area contributed by atoms with Crippen LogP contribution >= 0.6 is 0 Å². The average Bonchev–Trinajstić information content (AvgIpc) is 3.52. The van der Waals surface area contributed by atoms with Crippen molar-refractivity contribution in [1.29, 1.82) is 0 Å². The van der Waals surface area contributed by atoms with E-state index in [9.17, 15) is 0 Å². The summed E-state index contributed by atoms with van der Waals surface area (Å²) in [5.74, 6) is 0.968. The third-order valence-corrected chi connectivity index (χ3v) is 5.58. The number of rotatable bonds is 18. The van der Waals surface area contributed by atoms with Crippen LogP contribution in [0.1, 0.15) is 102 Å². The SMILES string of the molecule is CCCCCCCCCCCCCCCCc1ccc(OCC2CO2)cc1. The molecule has 154 valence electrons. The second kappa shape index (κ2) is 15.0. The lowest BCUT2D eigenvalue weighted by molar-refractivity contribution is 0.263. The van der Waals surface area contributed by atoms with Gasteiger partial charge in [-0.05, 0) is 30.5 Å². The highest BCUT2D eigenvalue weighted by Gasteiger charge is 2.22. The van der Waals surface area contributed by atoms with Gasteiger partial charge in [0.05, 0.1) is 6.61 Å². The van der Waals surface area contributed by atoms with Crippen molar-refractivity contribution < 1.29 is 9.47 Å². The first-order chi connectivity index (χ1) is 13.4. The Bertz CT molecular complexity index is 450. The van der Waals surface area contributed by atoms with E-state index in [2.05, 4.69) is 31.2 Å². The molecule has 1 aliphatic rings. The molecule has 0 amide bonds. The molecule has 0 saturated carbocycles. The highest BCUT2D eigenvalue weighted by atomic mass is 16.6. The molecule has 1 aromatic rings. The molecule has 0 aliphatic carbocycles. The molecule has 0 bridgehead atoms. The maximum atomic E-state index is 5.69. The Morgan fingerprint density at radius 3 is 1.70 bits per heavy atom. The molecule has 1 heterocycles. The maximum absolute atomic E-state index is 5.69. The van der Waals surface area contributed by atoms with Crippen molar-refractivity contribution in [3.8, 4) is 5.75 Å². The second-order valence-corrected chi connectivity index (χ2v) is 8.26. The van der Waals surface area contributed by atoms with Crippen molar-refractivity contribution in [3.05, 3.63) is 29.8 Å². The Morgan fingerprint density at radius 1 is 0.741 bits per heavy atom. The molecule has 0 aromatic heterocycles. The van der Waals surface area contributed by atoms with Crippen LogP contribution in [0.3, 0.4) is 0 Å². The van der Waals surface area contributed by atoms with E-state index in [-0.39, 0.29) is 0 Å². The summed E-state index contributed by atoms with van der Waals surface area (Å²) in [5.41, 5.74) is 1.43. The van der Waals surface area contributed by atoms with Gasteiger partial charge in [-0.3, -0.25) is 0 Å². The van der Waals surface area contributed by atoms with E-state index < -0.39 is 0 Å². The van der Waals surface area contributed by atoms with Crippen LogP contribution in [0.2, 0.25) is 0 Å². The molecule has 1 atom stereocenters. The van der Waals surface area contributed by atoms with E-state index in [1.54, 1.807) is 0 Å². The summed E-state index contributed by atoms with van der Waals surface area (Å²) in [6.45, 7) is 3.84. The molecule has 0 N–H and O–H groups in total. The summed E-state index contributed by atoms with van der Waals surface area (Å²) in [5, 5.41) is 0. The van der Waals surface area contributed by atoms with Crippen LogP contribution in [0.25, 0.3) is 0 Å². The lowest BCUT2D eigenvalue weighted by Gasteiger charge is -2.06. The summed E-state index contributed by atoms with van der Waals surface area (Å²) in [4.78, 5) is 0. The molecular formula is C25H42O2. The molecule has 0 spiro atoms. The molecule has 2 nitrogen and oxygen atoms in total. The molecular weight excluding hydrogens is 332 g/mol. The van der Waals surface area contributed by atoms with Crippen molar-refractivity contribution in [3.63, 3.8) is 0 Å². The minimum atomic E-state index is 0.334. The molecule has 1 unspecified atom stereocenters. The first kappa shape index (κ1) is 22.3. The number of hydrogen-bond donors (Lipinski definition) is 0. The van der Waals surface area contributed by atoms with Gasteiger partial charge >= 0.3 is 0 Å². The van der Waals surface area contributed by atoms with Gasteiger partial charge in [-0.15, -0.1) is 0 Å². The van der Waals surface area contributed by atoms with E-state index in [4.69, 9.17) is 9.47 Å². The minimum absolute atomic E-state index is 0.334. The monoisotopic (exact) mass is 374 g/mol. The summed E-state index contributed by atoms with van der Waals surface area (Å²) >= 11 is 0. The Kier molecular flexibility index (Phi) is 12.3. The van der Waals surface area contributed by atoms with Crippen LogP contribution in [-0.2, 0) is 11.2 Å². The van der Waals surface area contributed by atoms with Gasteiger partial charge in [0.15, 0.2) is 0 Å². The van der Waals surface area contributed by atoms with Crippen LogP contribution in [0.4, 0.5) is 0 Å². The molecule has 1 fully saturated rings. The van der Waals surface area contributed by atoms with Crippen LogP contribution in [0, 0.1) is 0 Å². The van der Waals surface area contributed by atoms with E-state index in [1.807, 2.05) is 0 Å². The first-order valence-corrected chi connectivity index (χ1v) is 11.7. The molecule has 2 rings (SSSR count). The molecule has 1 aliphatic heterocycles. The fourth-order valence-electron chi connectivity index (χ4n) is 3.63. The molecule has 1 aromatic carbocycles. The number of ether oxygens (including phenoxy) is 2. The largest absolute Gasteiger partial charge is 0.491 e. The number of aryl methyl sites for hydroxylation is 1. The van der Waals surface area contributed by atoms with E-state index in [0.717, 1.165) is 12.4 Å². The Balaban J connectivity index is 1.33. The maximum Gasteiger partial charge on any atom is 0.119 e. The second-order valence-electron chi connectivity index (χ2n) is 8.26. The Hall–Kier alpha value is -1.02. The first-order valence-electron chi connectivity index (χ1n) is 11.7. The lowest BCUT2D eigenvalue weighted by Crippen LogP contribution is -2.03. The van der Waals surface area contributed by atoms with Gasteiger partial charge in [-0.1, -0.05) is 103 Å². The smallest absolute Gasteiger partial charge is 0.119 e. The van der Waals surface area contributed by atoms with Crippen LogP contribution in [0.15, 0.2) is 24.3 Å². The Morgan fingerprint density at radius 2 is 1.22 bits per heavy atom. The number of hydrogen-bond acceptors (Lipinski definition) is 2. The van der Waals surface area contributed by atoms with Gasteiger partial charge in [0, 0.05) is 0 Å². The van der Waals surface area contributed by atoms with Crippen molar-refractivity contribution in [2.45, 2.75) is 109 Å². The fraction of sp³-hybridized carbons (Fsp3) is 0.760. The zero-order valence-electron chi connectivity index (χ0n) is 17.7. The molecule has 0 radical (unpaired) electrons. The third kappa shape index (κ3) is 12.1. The summed E-state index contributed by atoms with van der Waals surface area (Å²) in [7, 11) is 0. The Labute approximate surface area is 168 Å². The number of benzene rings is 1. The van der Waals surface area contributed by atoms with Gasteiger partial charge in [0.1, 0.15) is 18.5 Å². The van der Waals surface area contributed by atoms with E-state index >= 15 is 0 Å². The minimum Gasteiger partial charge on any atom is -0.491 e. The van der Waals surface area contributed by atoms with Gasteiger partial charge in [0.25, 0.3) is 0 Å². The third-order valence-electron chi connectivity index (χ3n) is 5.58. The topological polar surface area (TPSA) is 21.8 Å². The van der Waals surface area contributed by atoms with E-state index in [1.165, 1.54) is 102 Å². The molecule has 27 heavy (non-hydrogen) atoms. The lowest BCUT2D eigenvalue weighted by atomic mass is 10.0. The van der Waals surface area contributed by atoms with Crippen LogP contribution in [0.5, 0.6) is 5.75 Å². The average molecular weight is 375 g/mol. The van der Waals surface area contributed by atoms with Gasteiger partial charge < -0.3 is 9.47 Å². The van der Waals surface area contributed by atoms with Crippen molar-refractivity contribution in [2.75, 3.05) is 13.2 Å². The van der Waals surface area contributed by atoms with Crippen LogP contribution < -0.4 is 4.74 Å². The highest BCUT2D eigenvalue weighted by molar-refractivity contribution is 5.27. The quantitative estimate of drug-likeness (QED) is 0.196. The predicted molar refractivity (Wildman–Crippen MR) is 116 cm³/mol. The van der Waals surface area contributed by atoms with Crippen molar-refractivity contribution >= 4 is 0 Å². The van der Waals surface area contributed by atoms with Crippen molar-refractivity contribution in [1.82, 2.24) is 0 Å². The zero-order valence-corrected chi connectivity index (χ0v) is 17.7. The van der Waals surface area contributed by atoms with Gasteiger partial charge in [0.2, 0.25) is 0 Å². The summed E-state index contributed by atoms with van der Waals surface area (Å²) < 4.78 is 10.8. The summed E-state index contributed by atoms with van der Waals surface area (Å²) in [6.07, 6.45) is 21.4. The fourth-order valence-corrected chi connectivity index (χ4v) is 3.63. The van der Waals surface area contributed by atoms with Crippen LogP contribution in [-0.4, -0.2) is 19.3 Å². The van der Waals surface area contributed by atoms with Gasteiger partial charge in [-0.25, -0.2) is 0 Å². The zero-order chi connectivity index (χ0) is 19.0. The number of unbranched alkanes of at least 4 members (excludes halogenated alkanes) is 13. The molecule has 1 saturated heterocycles. The summed E-state index contributed by atoms with van der Waals surface area (Å²) in [6, 6.07) is 8.62. The normalized spacial score (nSPS) is 15.8. The van der Waals surface area contributed by atoms with Gasteiger partial charge in [-0.2, -0.15) is 0 Å². The van der Waals surface area contributed by atoms with Crippen molar-refractivity contribution in [2.24, 2.45) is 0 Å². The van der Waals surface area contributed by atoms with E-state index in [0.29, 0.717) is 12.7 Å². The standard InChI is InChI=1S/C25H42O2/c1-2-3-4-5-6-7-8-9-10-11-12-13-14-15-16-23-17-19-24(20-18-23)26-21-25-22-27-25/h17-20,25H,2-16,21-22H2,1H3. The molecule has 2 heteroatoms. The number of epoxide rings is 1. The predicted octanol–water partition coefficient (Wildman–Crippen LogP) is 7.49.